The molecule has 0 aromatic heterocycles. The molecule has 0 heterocycles. The molecule has 4 heteroatoms. The Kier molecular flexibility index (Phi) is 5.51. The molecule has 0 bridgehead atoms. The average molecular weight is 308 g/mol. The Labute approximate surface area is 133 Å². The molecule has 21 heavy (non-hydrogen) atoms. The fourth-order valence-corrected chi connectivity index (χ4v) is 3.40. The van der Waals surface area contributed by atoms with Gasteiger partial charge in [-0.15, -0.1) is 0 Å². The van der Waals surface area contributed by atoms with E-state index in [9.17, 15) is 0 Å². The number of nitrogens with two attached hydrogens (primary N) is 1. The van der Waals surface area contributed by atoms with E-state index in [1.807, 2.05) is 12.1 Å². The van der Waals surface area contributed by atoms with Gasteiger partial charge in [-0.05, 0) is 37.3 Å². The van der Waals surface area contributed by atoms with Gasteiger partial charge in [0.1, 0.15) is 5.84 Å². The summed E-state index contributed by atoms with van der Waals surface area (Å²) in [5.41, 5.74) is 7.50. The van der Waals surface area contributed by atoms with E-state index in [1.54, 1.807) is 0 Å². The molecule has 3 N–H and O–H groups in total. The monoisotopic (exact) mass is 307 g/mol. The van der Waals surface area contributed by atoms with Crippen molar-refractivity contribution in [2.75, 3.05) is 11.4 Å². The van der Waals surface area contributed by atoms with Crippen LogP contribution >= 0.6 is 11.6 Å². The van der Waals surface area contributed by atoms with E-state index in [1.165, 1.54) is 25.7 Å². The van der Waals surface area contributed by atoms with E-state index in [4.69, 9.17) is 22.7 Å². The molecular weight excluding hydrogens is 282 g/mol. The van der Waals surface area contributed by atoms with Crippen LogP contribution < -0.4 is 10.6 Å². The van der Waals surface area contributed by atoms with Crippen LogP contribution in [0.2, 0.25) is 5.02 Å². The molecule has 1 fully saturated rings. The van der Waals surface area contributed by atoms with Gasteiger partial charge in [-0.3, -0.25) is 5.41 Å². The van der Waals surface area contributed by atoms with Crippen molar-refractivity contribution in [1.29, 1.82) is 5.41 Å². The van der Waals surface area contributed by atoms with Crippen molar-refractivity contribution in [3.8, 4) is 0 Å². The van der Waals surface area contributed by atoms with Gasteiger partial charge in [-0.25, -0.2) is 0 Å². The molecule has 1 saturated carbocycles. The summed E-state index contributed by atoms with van der Waals surface area (Å²) in [5, 5.41) is 8.44. The van der Waals surface area contributed by atoms with Crippen LogP contribution in [0.3, 0.4) is 0 Å². The summed E-state index contributed by atoms with van der Waals surface area (Å²) < 4.78 is 0. The zero-order valence-electron chi connectivity index (χ0n) is 13.0. The lowest BCUT2D eigenvalue weighted by Crippen LogP contribution is -2.36. The summed E-state index contributed by atoms with van der Waals surface area (Å²) in [7, 11) is 0. The van der Waals surface area contributed by atoms with Gasteiger partial charge in [-0.1, -0.05) is 44.4 Å². The zero-order valence-corrected chi connectivity index (χ0v) is 13.8. The van der Waals surface area contributed by atoms with Gasteiger partial charge in [0.15, 0.2) is 0 Å². The number of hydrogen-bond donors (Lipinski definition) is 2. The first-order chi connectivity index (χ1) is 10.0. The first-order valence-electron chi connectivity index (χ1n) is 7.90. The second-order valence-electron chi connectivity index (χ2n) is 6.36. The highest BCUT2D eigenvalue weighted by atomic mass is 35.5. The molecule has 1 aliphatic carbocycles. The molecule has 1 aromatic rings. The minimum atomic E-state index is 0.0585. The molecule has 0 radical (unpaired) electrons. The molecule has 0 amide bonds. The summed E-state index contributed by atoms with van der Waals surface area (Å²) >= 11 is 6.29. The Bertz CT molecular complexity index is 493. The van der Waals surface area contributed by atoms with Crippen LogP contribution in [0.4, 0.5) is 5.69 Å². The molecule has 116 valence electrons. The summed E-state index contributed by atoms with van der Waals surface area (Å²) in [6.45, 7) is 5.50. The fourth-order valence-electron chi connectivity index (χ4n) is 3.13. The molecule has 0 aliphatic heterocycles. The van der Waals surface area contributed by atoms with E-state index < -0.39 is 0 Å². The zero-order chi connectivity index (χ0) is 15.4. The second-order valence-corrected chi connectivity index (χ2v) is 6.77. The third kappa shape index (κ3) is 3.91. The number of rotatable bonds is 6. The van der Waals surface area contributed by atoms with Gasteiger partial charge < -0.3 is 10.6 Å². The van der Waals surface area contributed by atoms with Crippen LogP contribution in [0.5, 0.6) is 0 Å². The highest BCUT2D eigenvalue weighted by Gasteiger charge is 2.25. The Morgan fingerprint density at radius 2 is 2.05 bits per heavy atom. The lowest BCUT2D eigenvalue weighted by molar-refractivity contribution is 0.528. The molecule has 1 aliphatic rings. The number of nitrogens with zero attached hydrogens (tertiary/aromatic N) is 1. The van der Waals surface area contributed by atoms with Gasteiger partial charge in [-0.2, -0.15) is 0 Å². The molecule has 0 saturated heterocycles. The Hall–Kier alpha value is -1.22. The number of halogens is 1. The van der Waals surface area contributed by atoms with E-state index >= 15 is 0 Å². The number of nitrogens with one attached hydrogen (secondary N) is 1. The lowest BCUT2D eigenvalue weighted by Gasteiger charge is -2.33. The summed E-state index contributed by atoms with van der Waals surface area (Å²) in [6, 6.07) is 6.39. The van der Waals surface area contributed by atoms with Crippen molar-refractivity contribution in [1.82, 2.24) is 0 Å². The minimum absolute atomic E-state index is 0.0585. The quantitative estimate of drug-likeness (QED) is 0.604. The summed E-state index contributed by atoms with van der Waals surface area (Å²) in [6.07, 6.45) is 6.17. The van der Waals surface area contributed by atoms with Crippen molar-refractivity contribution in [2.24, 2.45) is 11.7 Å². The van der Waals surface area contributed by atoms with Crippen molar-refractivity contribution in [3.63, 3.8) is 0 Å². The number of nitrogen functional groups attached to an aromatic ring is 1. The van der Waals surface area contributed by atoms with Crippen LogP contribution in [0.1, 0.15) is 51.5 Å². The van der Waals surface area contributed by atoms with Gasteiger partial charge in [0.25, 0.3) is 0 Å². The van der Waals surface area contributed by atoms with Crippen molar-refractivity contribution >= 4 is 23.1 Å². The Morgan fingerprint density at radius 1 is 1.38 bits per heavy atom. The molecule has 0 atom stereocenters. The molecule has 1 aromatic carbocycles. The van der Waals surface area contributed by atoms with Gasteiger partial charge in [0.2, 0.25) is 0 Å². The van der Waals surface area contributed by atoms with E-state index in [0.717, 1.165) is 18.7 Å². The second kappa shape index (κ2) is 7.17. The molecule has 0 spiro atoms. The summed E-state index contributed by atoms with van der Waals surface area (Å²) in [5.74, 6) is 0.719. The highest BCUT2D eigenvalue weighted by Crippen LogP contribution is 2.33. The average Bonchev–Trinajstić information content (AvgIpc) is 2.92. The van der Waals surface area contributed by atoms with Gasteiger partial charge >= 0.3 is 0 Å². The Balaban J connectivity index is 2.35. The maximum absolute atomic E-state index is 7.86. The van der Waals surface area contributed by atoms with E-state index in [-0.39, 0.29) is 5.84 Å². The van der Waals surface area contributed by atoms with Crippen LogP contribution in [-0.2, 0) is 0 Å². The molecule has 2 rings (SSSR count). The van der Waals surface area contributed by atoms with Gasteiger partial charge in [0.05, 0.1) is 10.6 Å². The molecular formula is C17H26ClN3. The predicted molar refractivity (Wildman–Crippen MR) is 91.5 cm³/mol. The SMILES string of the molecule is CC(C)CCN(c1cccc(Cl)c1C(=N)N)C1CCCC1. The number of anilines is 1. The first kappa shape index (κ1) is 16.2. The van der Waals surface area contributed by atoms with Crippen LogP contribution in [0, 0.1) is 11.3 Å². The van der Waals surface area contributed by atoms with Crippen molar-refractivity contribution in [2.45, 2.75) is 52.0 Å². The van der Waals surface area contributed by atoms with Crippen molar-refractivity contribution in [3.05, 3.63) is 28.8 Å². The smallest absolute Gasteiger partial charge is 0.126 e. The van der Waals surface area contributed by atoms with Crippen molar-refractivity contribution < 1.29 is 0 Å². The number of hydrogen-bond acceptors (Lipinski definition) is 2. The Morgan fingerprint density at radius 3 is 2.62 bits per heavy atom. The lowest BCUT2D eigenvalue weighted by atomic mass is 10.0. The standard InChI is InChI=1S/C17H26ClN3/c1-12(2)10-11-21(13-6-3-4-7-13)15-9-5-8-14(18)16(15)17(19)20/h5,8-9,12-13H,3-4,6-7,10-11H2,1-2H3,(H3,19,20). The minimum Gasteiger partial charge on any atom is -0.384 e. The third-order valence-corrected chi connectivity index (χ3v) is 4.60. The number of amidine groups is 1. The topological polar surface area (TPSA) is 53.1 Å². The van der Waals surface area contributed by atoms with Gasteiger partial charge in [0, 0.05) is 18.3 Å². The number of benzene rings is 1. The maximum Gasteiger partial charge on any atom is 0.126 e. The van der Waals surface area contributed by atoms with E-state index in [2.05, 4.69) is 24.8 Å². The first-order valence-corrected chi connectivity index (χ1v) is 8.28. The largest absolute Gasteiger partial charge is 0.384 e. The van der Waals surface area contributed by atoms with Crippen LogP contribution in [-0.4, -0.2) is 18.4 Å². The fraction of sp³-hybridized carbons (Fsp3) is 0.588. The maximum atomic E-state index is 7.86. The summed E-state index contributed by atoms with van der Waals surface area (Å²) in [4.78, 5) is 2.44. The normalized spacial score (nSPS) is 15.6. The highest BCUT2D eigenvalue weighted by molar-refractivity contribution is 6.34. The van der Waals surface area contributed by atoms with Crippen LogP contribution in [0.25, 0.3) is 0 Å². The third-order valence-electron chi connectivity index (χ3n) is 4.28. The predicted octanol–water partition coefficient (Wildman–Crippen LogP) is 4.42. The van der Waals surface area contributed by atoms with E-state index in [0.29, 0.717) is 22.5 Å². The van der Waals surface area contributed by atoms with Crippen LogP contribution in [0.15, 0.2) is 18.2 Å². The molecule has 0 unspecified atom stereocenters. The molecule has 3 nitrogen and oxygen atoms in total.